The molecule has 0 aliphatic carbocycles. The molecule has 7 nitrogen and oxygen atoms in total. The van der Waals surface area contributed by atoms with E-state index in [2.05, 4.69) is 15.2 Å². The number of nitrogens with zero attached hydrogens (tertiary/aromatic N) is 5. The lowest BCUT2D eigenvalue weighted by atomic mass is 10.2. The molecule has 0 N–H and O–H groups in total. The molecular weight excluding hydrogens is 314 g/mol. The van der Waals surface area contributed by atoms with Crippen LogP contribution in [-0.4, -0.2) is 24.7 Å². The number of aromatic nitrogens is 4. The highest BCUT2D eigenvalue weighted by Crippen LogP contribution is 2.33. The number of hydrogen-bond donors (Lipinski definition) is 0. The highest BCUT2D eigenvalue weighted by molar-refractivity contribution is 7.99. The average molecular weight is 327 g/mol. The molecule has 0 saturated heterocycles. The van der Waals surface area contributed by atoms with Crippen molar-refractivity contribution in [3.8, 4) is 11.4 Å². The van der Waals surface area contributed by atoms with Crippen molar-refractivity contribution in [1.82, 2.24) is 19.7 Å². The van der Waals surface area contributed by atoms with Crippen molar-refractivity contribution in [2.75, 3.05) is 0 Å². The minimum absolute atomic E-state index is 0.0376. The summed E-state index contributed by atoms with van der Waals surface area (Å²) in [5.41, 5.74) is 0.911. The SMILES string of the molecule is CCn1c(Sc2ncccc2[N+](=O)[O-])nnc1-c1ccccc1. The third-order valence-corrected chi connectivity index (χ3v) is 4.19. The van der Waals surface area contributed by atoms with Crippen LogP contribution in [0.25, 0.3) is 11.4 Å². The molecule has 0 saturated carbocycles. The molecule has 3 aromatic rings. The van der Waals surface area contributed by atoms with E-state index in [-0.39, 0.29) is 5.69 Å². The Morgan fingerprint density at radius 3 is 2.65 bits per heavy atom. The van der Waals surface area contributed by atoms with Gasteiger partial charge < -0.3 is 4.57 Å². The largest absolute Gasteiger partial charge is 0.302 e. The van der Waals surface area contributed by atoms with Gasteiger partial charge in [-0.05, 0) is 24.8 Å². The maximum atomic E-state index is 11.1. The van der Waals surface area contributed by atoms with Crippen LogP contribution in [0.3, 0.4) is 0 Å². The number of pyridine rings is 1. The molecule has 0 atom stereocenters. The Kier molecular flexibility index (Phi) is 4.33. The number of benzene rings is 1. The van der Waals surface area contributed by atoms with Crippen LogP contribution in [0.1, 0.15) is 6.92 Å². The van der Waals surface area contributed by atoms with Gasteiger partial charge in [-0.1, -0.05) is 30.3 Å². The lowest BCUT2D eigenvalue weighted by molar-refractivity contribution is -0.388. The Labute approximate surface area is 136 Å². The van der Waals surface area contributed by atoms with Gasteiger partial charge in [-0.2, -0.15) is 0 Å². The molecular formula is C15H13N5O2S. The quantitative estimate of drug-likeness (QED) is 0.527. The monoisotopic (exact) mass is 327 g/mol. The van der Waals surface area contributed by atoms with Gasteiger partial charge in [0.05, 0.1) is 4.92 Å². The standard InChI is InChI=1S/C15H13N5O2S/c1-2-19-13(11-7-4-3-5-8-11)17-18-15(19)23-14-12(20(21)22)9-6-10-16-14/h3-10H,2H2,1H3. The topological polar surface area (TPSA) is 86.7 Å². The van der Waals surface area contributed by atoms with E-state index in [4.69, 9.17) is 0 Å². The van der Waals surface area contributed by atoms with Crippen LogP contribution in [0.4, 0.5) is 5.69 Å². The molecule has 0 fully saturated rings. The summed E-state index contributed by atoms with van der Waals surface area (Å²) < 4.78 is 1.92. The molecule has 0 aliphatic rings. The van der Waals surface area contributed by atoms with Crippen LogP contribution in [0, 0.1) is 10.1 Å². The van der Waals surface area contributed by atoms with E-state index in [9.17, 15) is 10.1 Å². The maximum Gasteiger partial charge on any atom is 0.301 e. The second-order valence-corrected chi connectivity index (χ2v) is 5.56. The number of hydrogen-bond acceptors (Lipinski definition) is 6. The molecule has 0 radical (unpaired) electrons. The van der Waals surface area contributed by atoms with E-state index in [1.807, 2.05) is 41.8 Å². The highest BCUT2D eigenvalue weighted by atomic mass is 32.2. The Bertz CT molecular complexity index is 835. The van der Waals surface area contributed by atoms with Crippen LogP contribution in [0.5, 0.6) is 0 Å². The van der Waals surface area contributed by atoms with Gasteiger partial charge in [-0.3, -0.25) is 10.1 Å². The van der Waals surface area contributed by atoms with Crippen molar-refractivity contribution in [3.05, 3.63) is 58.8 Å². The fourth-order valence-electron chi connectivity index (χ4n) is 2.14. The summed E-state index contributed by atoms with van der Waals surface area (Å²) >= 11 is 1.15. The lowest BCUT2D eigenvalue weighted by Gasteiger charge is -2.07. The summed E-state index contributed by atoms with van der Waals surface area (Å²) in [6.45, 7) is 2.63. The van der Waals surface area contributed by atoms with Crippen LogP contribution < -0.4 is 0 Å². The van der Waals surface area contributed by atoms with Gasteiger partial charge in [0.25, 0.3) is 0 Å². The first kappa shape index (κ1) is 15.2. The molecule has 0 spiro atoms. The summed E-state index contributed by atoms with van der Waals surface area (Å²) in [5, 5.41) is 20.4. The predicted octanol–water partition coefficient (Wildman–Crippen LogP) is 3.42. The Morgan fingerprint density at radius 1 is 1.17 bits per heavy atom. The Balaban J connectivity index is 1.99. The number of rotatable bonds is 5. The number of nitro groups is 1. The predicted molar refractivity (Wildman–Crippen MR) is 86.1 cm³/mol. The Morgan fingerprint density at radius 2 is 1.96 bits per heavy atom. The zero-order chi connectivity index (χ0) is 16.2. The van der Waals surface area contributed by atoms with Gasteiger partial charge in [-0.25, -0.2) is 4.98 Å². The second kappa shape index (κ2) is 6.57. The molecule has 3 rings (SSSR count). The van der Waals surface area contributed by atoms with E-state index < -0.39 is 4.92 Å². The molecule has 0 unspecified atom stereocenters. The van der Waals surface area contributed by atoms with Gasteiger partial charge in [0.1, 0.15) is 0 Å². The first-order valence-corrected chi connectivity index (χ1v) is 7.78. The smallest absolute Gasteiger partial charge is 0.301 e. The fourth-order valence-corrected chi connectivity index (χ4v) is 3.08. The van der Waals surface area contributed by atoms with E-state index >= 15 is 0 Å². The van der Waals surface area contributed by atoms with Crippen LogP contribution in [0.2, 0.25) is 0 Å². The molecule has 23 heavy (non-hydrogen) atoms. The van der Waals surface area contributed by atoms with Crippen molar-refractivity contribution in [2.24, 2.45) is 0 Å². The molecule has 2 heterocycles. The van der Waals surface area contributed by atoms with Crippen LogP contribution in [-0.2, 0) is 6.54 Å². The minimum Gasteiger partial charge on any atom is -0.302 e. The molecule has 0 bridgehead atoms. The zero-order valence-electron chi connectivity index (χ0n) is 12.3. The Hall–Kier alpha value is -2.74. The lowest BCUT2D eigenvalue weighted by Crippen LogP contribution is -2.00. The van der Waals surface area contributed by atoms with E-state index in [0.717, 1.165) is 23.1 Å². The summed E-state index contributed by atoms with van der Waals surface area (Å²) in [6.07, 6.45) is 1.53. The molecule has 0 amide bonds. The van der Waals surface area contributed by atoms with Crippen molar-refractivity contribution in [2.45, 2.75) is 23.7 Å². The summed E-state index contributed by atoms with van der Waals surface area (Å²) in [4.78, 5) is 14.8. The summed E-state index contributed by atoms with van der Waals surface area (Å²) in [7, 11) is 0. The van der Waals surface area contributed by atoms with Gasteiger partial charge in [0, 0.05) is 24.4 Å². The van der Waals surface area contributed by atoms with Crippen molar-refractivity contribution >= 4 is 17.4 Å². The van der Waals surface area contributed by atoms with Crippen molar-refractivity contribution in [1.29, 1.82) is 0 Å². The molecule has 116 valence electrons. The van der Waals surface area contributed by atoms with Gasteiger partial charge in [-0.15, -0.1) is 10.2 Å². The van der Waals surface area contributed by atoms with Crippen LogP contribution in [0.15, 0.2) is 58.8 Å². The fraction of sp³-hybridized carbons (Fsp3) is 0.133. The van der Waals surface area contributed by atoms with E-state index in [1.165, 1.54) is 12.3 Å². The molecule has 0 aliphatic heterocycles. The summed E-state index contributed by atoms with van der Waals surface area (Å²) in [5.74, 6) is 0.731. The normalized spacial score (nSPS) is 10.7. The third kappa shape index (κ3) is 3.07. The first-order valence-electron chi connectivity index (χ1n) is 6.96. The second-order valence-electron chi connectivity index (χ2n) is 4.60. The summed E-state index contributed by atoms with van der Waals surface area (Å²) in [6, 6.07) is 12.7. The van der Waals surface area contributed by atoms with Gasteiger partial charge >= 0.3 is 5.69 Å². The van der Waals surface area contributed by atoms with E-state index in [1.54, 1.807) is 6.07 Å². The van der Waals surface area contributed by atoms with Gasteiger partial charge in [0.15, 0.2) is 16.0 Å². The molecule has 1 aromatic carbocycles. The van der Waals surface area contributed by atoms with Gasteiger partial charge in [0.2, 0.25) is 0 Å². The average Bonchev–Trinajstić information content (AvgIpc) is 2.98. The first-order chi connectivity index (χ1) is 11.2. The van der Waals surface area contributed by atoms with Crippen molar-refractivity contribution < 1.29 is 4.92 Å². The molecule has 2 aromatic heterocycles. The molecule has 8 heteroatoms. The van der Waals surface area contributed by atoms with Crippen molar-refractivity contribution in [3.63, 3.8) is 0 Å². The van der Waals surface area contributed by atoms with E-state index in [0.29, 0.717) is 16.7 Å². The third-order valence-electron chi connectivity index (χ3n) is 3.20. The highest BCUT2D eigenvalue weighted by Gasteiger charge is 2.20. The zero-order valence-corrected chi connectivity index (χ0v) is 13.1. The van der Waals surface area contributed by atoms with Crippen LogP contribution >= 0.6 is 11.8 Å². The minimum atomic E-state index is -0.444. The maximum absolute atomic E-state index is 11.1.